The van der Waals surface area contributed by atoms with E-state index >= 15 is 0 Å². The second kappa shape index (κ2) is 5.04. The predicted octanol–water partition coefficient (Wildman–Crippen LogP) is 3.01. The van der Waals surface area contributed by atoms with Gasteiger partial charge in [0.25, 0.3) is 0 Å². The van der Waals surface area contributed by atoms with Gasteiger partial charge in [-0.05, 0) is 30.2 Å². The van der Waals surface area contributed by atoms with Gasteiger partial charge >= 0.3 is 0 Å². The van der Waals surface area contributed by atoms with Crippen molar-refractivity contribution in [2.75, 3.05) is 12.4 Å². The molecule has 1 aromatic heterocycles. The van der Waals surface area contributed by atoms with E-state index in [0.29, 0.717) is 11.7 Å². The lowest BCUT2D eigenvalue weighted by Gasteiger charge is -2.10. The van der Waals surface area contributed by atoms with E-state index in [4.69, 9.17) is 0 Å². The minimum absolute atomic E-state index is 0.243. The molecule has 0 fully saturated rings. The number of anilines is 1. The standard InChI is InChI=1S/C14H17N3O/c1-9(2)12-8-13(15-3)17-14(16-12)10-4-6-11(18)7-5-10/h4-9,18H,1-3H3,(H,15,16,17). The average Bonchev–Trinajstić information content (AvgIpc) is 2.39. The van der Waals surface area contributed by atoms with E-state index in [-0.39, 0.29) is 5.75 Å². The molecule has 0 saturated heterocycles. The third-order valence-corrected chi connectivity index (χ3v) is 2.72. The molecule has 0 aliphatic rings. The summed E-state index contributed by atoms with van der Waals surface area (Å²) in [6.07, 6.45) is 0. The third-order valence-electron chi connectivity index (χ3n) is 2.72. The molecule has 0 aliphatic heterocycles. The summed E-state index contributed by atoms with van der Waals surface area (Å²) < 4.78 is 0. The quantitative estimate of drug-likeness (QED) is 0.870. The van der Waals surface area contributed by atoms with Crippen LogP contribution >= 0.6 is 0 Å². The van der Waals surface area contributed by atoms with Crippen LogP contribution in [0.5, 0.6) is 5.75 Å². The van der Waals surface area contributed by atoms with E-state index in [1.807, 2.05) is 25.2 Å². The topological polar surface area (TPSA) is 58.0 Å². The first-order valence-electron chi connectivity index (χ1n) is 5.96. The van der Waals surface area contributed by atoms with Crippen LogP contribution < -0.4 is 5.32 Å². The highest BCUT2D eigenvalue weighted by molar-refractivity contribution is 5.58. The summed E-state index contributed by atoms with van der Waals surface area (Å²) in [5, 5.41) is 12.3. The number of hydrogen-bond acceptors (Lipinski definition) is 4. The van der Waals surface area contributed by atoms with Crippen molar-refractivity contribution in [3.63, 3.8) is 0 Å². The van der Waals surface area contributed by atoms with Crippen LogP contribution in [-0.4, -0.2) is 22.1 Å². The zero-order valence-electron chi connectivity index (χ0n) is 10.8. The van der Waals surface area contributed by atoms with Crippen molar-refractivity contribution < 1.29 is 5.11 Å². The molecule has 1 aromatic carbocycles. The largest absolute Gasteiger partial charge is 0.508 e. The van der Waals surface area contributed by atoms with Crippen molar-refractivity contribution >= 4 is 5.82 Å². The van der Waals surface area contributed by atoms with Crippen LogP contribution in [0.25, 0.3) is 11.4 Å². The Morgan fingerprint density at radius 2 is 1.78 bits per heavy atom. The van der Waals surface area contributed by atoms with Crippen LogP contribution in [0.15, 0.2) is 30.3 Å². The normalized spacial score (nSPS) is 10.7. The van der Waals surface area contributed by atoms with Crippen LogP contribution in [0.2, 0.25) is 0 Å². The number of aromatic hydroxyl groups is 1. The van der Waals surface area contributed by atoms with Crippen LogP contribution in [0, 0.1) is 0 Å². The fraction of sp³-hybridized carbons (Fsp3) is 0.286. The van der Waals surface area contributed by atoms with Crippen molar-refractivity contribution in [3.05, 3.63) is 36.0 Å². The Balaban J connectivity index is 2.49. The minimum Gasteiger partial charge on any atom is -0.508 e. The van der Waals surface area contributed by atoms with Gasteiger partial charge in [0.1, 0.15) is 11.6 Å². The molecule has 0 bridgehead atoms. The second-order valence-electron chi connectivity index (χ2n) is 4.45. The summed E-state index contributed by atoms with van der Waals surface area (Å²) in [5.74, 6) is 2.06. The zero-order valence-corrected chi connectivity index (χ0v) is 10.8. The molecule has 2 N–H and O–H groups in total. The van der Waals surface area contributed by atoms with Crippen LogP contribution in [-0.2, 0) is 0 Å². The first kappa shape index (κ1) is 12.4. The Morgan fingerprint density at radius 3 is 2.33 bits per heavy atom. The van der Waals surface area contributed by atoms with Gasteiger partial charge in [0.15, 0.2) is 5.82 Å². The van der Waals surface area contributed by atoms with E-state index in [1.165, 1.54) is 0 Å². The molecule has 4 nitrogen and oxygen atoms in total. The van der Waals surface area contributed by atoms with Gasteiger partial charge in [-0.1, -0.05) is 13.8 Å². The molecule has 0 radical (unpaired) electrons. The summed E-state index contributed by atoms with van der Waals surface area (Å²) in [6, 6.07) is 8.86. The van der Waals surface area contributed by atoms with E-state index < -0.39 is 0 Å². The molecular formula is C14H17N3O. The fourth-order valence-corrected chi connectivity index (χ4v) is 1.63. The van der Waals surface area contributed by atoms with Crippen LogP contribution in [0.1, 0.15) is 25.5 Å². The summed E-state index contributed by atoms with van der Waals surface area (Å²) in [6.45, 7) is 4.20. The number of nitrogens with zero attached hydrogens (tertiary/aromatic N) is 2. The lowest BCUT2D eigenvalue weighted by atomic mass is 10.1. The van der Waals surface area contributed by atoms with Gasteiger partial charge < -0.3 is 10.4 Å². The van der Waals surface area contributed by atoms with Gasteiger partial charge in [-0.3, -0.25) is 0 Å². The minimum atomic E-state index is 0.243. The Bertz CT molecular complexity index is 535. The number of aromatic nitrogens is 2. The lowest BCUT2D eigenvalue weighted by Crippen LogP contribution is -2.02. The summed E-state index contributed by atoms with van der Waals surface area (Å²) >= 11 is 0. The SMILES string of the molecule is CNc1cc(C(C)C)nc(-c2ccc(O)cc2)n1. The molecule has 0 aliphatic carbocycles. The van der Waals surface area contributed by atoms with Gasteiger partial charge in [-0.15, -0.1) is 0 Å². The maximum atomic E-state index is 9.29. The van der Waals surface area contributed by atoms with Gasteiger partial charge in [0.2, 0.25) is 0 Å². The van der Waals surface area contributed by atoms with E-state index in [9.17, 15) is 5.11 Å². The first-order valence-corrected chi connectivity index (χ1v) is 5.96. The number of phenols is 1. The molecule has 0 spiro atoms. The average molecular weight is 243 g/mol. The number of benzene rings is 1. The fourth-order valence-electron chi connectivity index (χ4n) is 1.63. The number of nitrogens with one attached hydrogen (secondary N) is 1. The molecular weight excluding hydrogens is 226 g/mol. The Morgan fingerprint density at radius 1 is 1.11 bits per heavy atom. The highest BCUT2D eigenvalue weighted by Gasteiger charge is 2.08. The number of hydrogen-bond donors (Lipinski definition) is 2. The molecule has 2 aromatic rings. The molecule has 0 amide bonds. The molecule has 2 rings (SSSR count). The van der Waals surface area contributed by atoms with Gasteiger partial charge in [0.05, 0.1) is 0 Å². The zero-order chi connectivity index (χ0) is 13.1. The highest BCUT2D eigenvalue weighted by Crippen LogP contribution is 2.23. The summed E-state index contributed by atoms with van der Waals surface area (Å²) in [4.78, 5) is 8.98. The van der Waals surface area contributed by atoms with Gasteiger partial charge in [-0.25, -0.2) is 9.97 Å². The second-order valence-corrected chi connectivity index (χ2v) is 4.45. The highest BCUT2D eigenvalue weighted by atomic mass is 16.3. The maximum Gasteiger partial charge on any atom is 0.161 e. The molecule has 0 atom stereocenters. The molecule has 94 valence electrons. The molecule has 0 unspecified atom stereocenters. The summed E-state index contributed by atoms with van der Waals surface area (Å²) in [7, 11) is 1.84. The monoisotopic (exact) mass is 243 g/mol. The smallest absolute Gasteiger partial charge is 0.161 e. The van der Waals surface area contributed by atoms with Crippen molar-refractivity contribution in [3.8, 4) is 17.1 Å². The van der Waals surface area contributed by atoms with Crippen molar-refractivity contribution in [2.24, 2.45) is 0 Å². The lowest BCUT2D eigenvalue weighted by molar-refractivity contribution is 0.475. The molecule has 4 heteroatoms. The Hall–Kier alpha value is -2.10. The molecule has 0 saturated carbocycles. The predicted molar refractivity (Wildman–Crippen MR) is 72.8 cm³/mol. The van der Waals surface area contributed by atoms with E-state index in [0.717, 1.165) is 17.1 Å². The Labute approximate surface area is 107 Å². The van der Waals surface area contributed by atoms with Gasteiger partial charge in [-0.2, -0.15) is 0 Å². The van der Waals surface area contributed by atoms with Crippen molar-refractivity contribution in [1.29, 1.82) is 0 Å². The van der Waals surface area contributed by atoms with Crippen molar-refractivity contribution in [2.45, 2.75) is 19.8 Å². The number of phenolic OH excluding ortho intramolecular Hbond substituents is 1. The number of rotatable bonds is 3. The first-order chi connectivity index (χ1) is 8.60. The van der Waals surface area contributed by atoms with Gasteiger partial charge in [0, 0.05) is 24.4 Å². The van der Waals surface area contributed by atoms with Crippen molar-refractivity contribution in [1.82, 2.24) is 9.97 Å². The third kappa shape index (κ3) is 2.59. The van der Waals surface area contributed by atoms with E-state index in [1.54, 1.807) is 12.1 Å². The van der Waals surface area contributed by atoms with Crippen LogP contribution in [0.3, 0.4) is 0 Å². The van der Waals surface area contributed by atoms with E-state index in [2.05, 4.69) is 29.1 Å². The Kier molecular flexibility index (Phi) is 3.46. The molecule has 1 heterocycles. The van der Waals surface area contributed by atoms with Crippen LogP contribution in [0.4, 0.5) is 5.82 Å². The summed E-state index contributed by atoms with van der Waals surface area (Å²) in [5.41, 5.74) is 1.89. The maximum absolute atomic E-state index is 9.29. The molecule has 18 heavy (non-hydrogen) atoms.